The summed E-state index contributed by atoms with van der Waals surface area (Å²) < 4.78 is 60.8. The molecule has 0 aliphatic heterocycles. The number of aromatic nitrogens is 2. The second kappa shape index (κ2) is 7.71. The quantitative estimate of drug-likeness (QED) is 0.410. The Morgan fingerprint density at radius 3 is 2.36 bits per heavy atom. The topological polar surface area (TPSA) is 56.1 Å². The molecule has 0 bridgehead atoms. The molecule has 146 valence electrons. The van der Waals surface area contributed by atoms with Crippen LogP contribution >= 0.6 is 0 Å². The van der Waals surface area contributed by atoms with Crippen LogP contribution in [0.5, 0.6) is 5.75 Å². The fourth-order valence-electron chi connectivity index (χ4n) is 2.70. The predicted molar refractivity (Wildman–Crippen MR) is 91.8 cm³/mol. The Bertz CT molecular complexity index is 1020. The van der Waals surface area contributed by atoms with E-state index in [1.807, 2.05) is 0 Å². The number of carbonyl (C=O) groups is 1. The summed E-state index contributed by atoms with van der Waals surface area (Å²) in [6.45, 7) is 0. The lowest BCUT2D eigenvalue weighted by Crippen LogP contribution is -2.32. The van der Waals surface area contributed by atoms with Gasteiger partial charge in [0, 0.05) is 19.4 Å². The first-order valence-corrected chi connectivity index (χ1v) is 8.08. The SMILES string of the molecule is COc1ccc(C(NC(=O)c2cc(F)c(F)c(F)c2F)c2nccn2C)cc1. The number of carbonyl (C=O) groups excluding carboxylic acids is 1. The van der Waals surface area contributed by atoms with Gasteiger partial charge in [-0.15, -0.1) is 0 Å². The minimum atomic E-state index is -2.05. The van der Waals surface area contributed by atoms with E-state index in [0.29, 0.717) is 23.2 Å². The third-order valence-electron chi connectivity index (χ3n) is 4.19. The molecule has 1 heterocycles. The van der Waals surface area contributed by atoms with Crippen molar-refractivity contribution < 1.29 is 27.1 Å². The smallest absolute Gasteiger partial charge is 0.255 e. The molecule has 1 atom stereocenters. The van der Waals surface area contributed by atoms with Crippen LogP contribution in [0.3, 0.4) is 0 Å². The average Bonchev–Trinajstić information content (AvgIpc) is 3.12. The standard InChI is InChI=1S/C19H15F4N3O2/c1-26-8-7-24-18(26)17(10-3-5-11(28-2)6-4-10)25-19(27)12-9-13(20)15(22)16(23)14(12)21/h3-9,17H,1-2H3,(H,25,27). The van der Waals surface area contributed by atoms with E-state index in [-0.39, 0.29) is 0 Å². The normalized spacial score (nSPS) is 11.9. The number of nitrogens with one attached hydrogen (secondary N) is 1. The number of amides is 1. The molecule has 0 aliphatic rings. The Morgan fingerprint density at radius 1 is 1.11 bits per heavy atom. The number of hydrogen-bond donors (Lipinski definition) is 1. The van der Waals surface area contributed by atoms with Crippen LogP contribution < -0.4 is 10.1 Å². The third-order valence-corrected chi connectivity index (χ3v) is 4.19. The molecular formula is C19H15F4N3O2. The van der Waals surface area contributed by atoms with Crippen LogP contribution in [0.25, 0.3) is 0 Å². The van der Waals surface area contributed by atoms with E-state index >= 15 is 0 Å². The zero-order valence-electron chi connectivity index (χ0n) is 14.8. The molecule has 2 aromatic carbocycles. The summed E-state index contributed by atoms with van der Waals surface area (Å²) >= 11 is 0. The number of aryl methyl sites for hydroxylation is 1. The predicted octanol–water partition coefficient (Wildman–Crippen LogP) is 3.50. The second-order valence-corrected chi connectivity index (χ2v) is 5.92. The van der Waals surface area contributed by atoms with Crippen molar-refractivity contribution in [3.05, 3.63) is 82.9 Å². The van der Waals surface area contributed by atoms with Gasteiger partial charge in [0.05, 0.1) is 12.7 Å². The van der Waals surface area contributed by atoms with Crippen LogP contribution in [-0.4, -0.2) is 22.6 Å². The lowest BCUT2D eigenvalue weighted by molar-refractivity contribution is 0.0935. The van der Waals surface area contributed by atoms with Crippen molar-refractivity contribution in [2.75, 3.05) is 7.11 Å². The lowest BCUT2D eigenvalue weighted by Gasteiger charge is -2.20. The Labute approximate surface area is 157 Å². The van der Waals surface area contributed by atoms with Crippen LogP contribution in [0.1, 0.15) is 27.8 Å². The summed E-state index contributed by atoms with van der Waals surface area (Å²) in [6, 6.07) is 6.05. The molecular weight excluding hydrogens is 378 g/mol. The number of nitrogens with zero attached hydrogens (tertiary/aromatic N) is 2. The number of ether oxygens (including phenoxy) is 1. The molecule has 1 aromatic heterocycles. The Balaban J connectivity index is 2.00. The van der Waals surface area contributed by atoms with Crippen LogP contribution in [0, 0.1) is 23.3 Å². The number of halogens is 4. The highest BCUT2D eigenvalue weighted by molar-refractivity contribution is 5.95. The van der Waals surface area contributed by atoms with Crippen molar-refractivity contribution in [1.29, 1.82) is 0 Å². The monoisotopic (exact) mass is 393 g/mol. The van der Waals surface area contributed by atoms with Crippen LogP contribution in [0.4, 0.5) is 17.6 Å². The van der Waals surface area contributed by atoms with E-state index < -0.39 is 40.8 Å². The molecule has 3 rings (SSSR count). The van der Waals surface area contributed by atoms with Crippen molar-refractivity contribution in [2.45, 2.75) is 6.04 Å². The van der Waals surface area contributed by atoms with Crippen molar-refractivity contribution in [2.24, 2.45) is 7.05 Å². The Kier molecular flexibility index (Phi) is 5.34. The molecule has 1 N–H and O–H groups in total. The molecule has 0 radical (unpaired) electrons. The summed E-state index contributed by atoms with van der Waals surface area (Å²) in [5.41, 5.74) is -0.393. The highest BCUT2D eigenvalue weighted by Crippen LogP contribution is 2.25. The molecule has 0 spiro atoms. The van der Waals surface area contributed by atoms with Gasteiger partial charge in [0.25, 0.3) is 5.91 Å². The molecule has 0 aliphatic carbocycles. The molecule has 1 amide bonds. The summed E-state index contributed by atoms with van der Waals surface area (Å²) in [5, 5.41) is 2.49. The maximum Gasteiger partial charge on any atom is 0.255 e. The molecule has 28 heavy (non-hydrogen) atoms. The zero-order valence-corrected chi connectivity index (χ0v) is 14.8. The summed E-state index contributed by atoms with van der Waals surface area (Å²) in [6.07, 6.45) is 3.13. The van der Waals surface area contributed by atoms with E-state index in [1.54, 1.807) is 42.1 Å². The van der Waals surface area contributed by atoms with E-state index in [9.17, 15) is 22.4 Å². The van der Waals surface area contributed by atoms with Crippen molar-refractivity contribution >= 4 is 5.91 Å². The van der Waals surface area contributed by atoms with Crippen LogP contribution in [-0.2, 0) is 7.05 Å². The van der Waals surface area contributed by atoms with Crippen LogP contribution in [0.15, 0.2) is 42.7 Å². The van der Waals surface area contributed by atoms with Gasteiger partial charge in [-0.2, -0.15) is 0 Å². The number of rotatable bonds is 5. The van der Waals surface area contributed by atoms with Gasteiger partial charge in [-0.05, 0) is 23.8 Å². The fraction of sp³-hybridized carbons (Fsp3) is 0.158. The van der Waals surface area contributed by atoms with Crippen molar-refractivity contribution in [3.63, 3.8) is 0 Å². The van der Waals surface area contributed by atoms with Crippen molar-refractivity contribution in [1.82, 2.24) is 14.9 Å². The number of benzene rings is 2. The van der Waals surface area contributed by atoms with Gasteiger partial charge in [-0.25, -0.2) is 22.5 Å². The molecule has 5 nitrogen and oxygen atoms in total. The van der Waals surface area contributed by atoms with Gasteiger partial charge in [-0.3, -0.25) is 4.79 Å². The van der Waals surface area contributed by atoms with Crippen molar-refractivity contribution in [3.8, 4) is 5.75 Å². The molecule has 3 aromatic rings. The summed E-state index contributed by atoms with van der Waals surface area (Å²) in [7, 11) is 3.18. The first-order valence-electron chi connectivity index (χ1n) is 8.08. The highest BCUT2D eigenvalue weighted by atomic mass is 19.2. The number of methoxy groups -OCH3 is 1. The average molecular weight is 393 g/mol. The maximum atomic E-state index is 14.0. The van der Waals surface area contributed by atoms with Gasteiger partial charge >= 0.3 is 0 Å². The minimum absolute atomic E-state index is 0.312. The van der Waals surface area contributed by atoms with Gasteiger partial charge in [0.15, 0.2) is 23.3 Å². The maximum absolute atomic E-state index is 14.0. The second-order valence-electron chi connectivity index (χ2n) is 5.92. The van der Waals surface area contributed by atoms with E-state index in [1.165, 1.54) is 13.3 Å². The molecule has 9 heteroatoms. The molecule has 0 saturated heterocycles. The van der Waals surface area contributed by atoms with E-state index in [2.05, 4.69) is 10.3 Å². The van der Waals surface area contributed by atoms with E-state index in [0.717, 1.165) is 0 Å². The third kappa shape index (κ3) is 3.55. The zero-order chi connectivity index (χ0) is 20.4. The molecule has 0 fully saturated rings. The summed E-state index contributed by atoms with van der Waals surface area (Å²) in [4.78, 5) is 16.7. The molecule has 1 unspecified atom stereocenters. The fourth-order valence-corrected chi connectivity index (χ4v) is 2.70. The largest absolute Gasteiger partial charge is 0.497 e. The number of hydrogen-bond acceptors (Lipinski definition) is 3. The van der Waals surface area contributed by atoms with Gasteiger partial charge in [0.1, 0.15) is 17.6 Å². The van der Waals surface area contributed by atoms with Gasteiger partial charge in [-0.1, -0.05) is 12.1 Å². The first-order chi connectivity index (χ1) is 13.3. The molecule has 0 saturated carbocycles. The van der Waals surface area contributed by atoms with Gasteiger partial charge < -0.3 is 14.6 Å². The number of imidazole rings is 1. The van der Waals surface area contributed by atoms with E-state index in [4.69, 9.17) is 4.74 Å². The highest BCUT2D eigenvalue weighted by Gasteiger charge is 2.27. The Hall–Kier alpha value is -3.36. The lowest BCUT2D eigenvalue weighted by atomic mass is 10.0. The Morgan fingerprint density at radius 2 is 1.79 bits per heavy atom. The van der Waals surface area contributed by atoms with Gasteiger partial charge in [0.2, 0.25) is 0 Å². The minimum Gasteiger partial charge on any atom is -0.497 e. The first kappa shape index (κ1) is 19.4. The summed E-state index contributed by atoms with van der Waals surface area (Å²) in [5.74, 6) is -7.64. The van der Waals surface area contributed by atoms with Crippen LogP contribution in [0.2, 0.25) is 0 Å².